The van der Waals surface area contributed by atoms with Gasteiger partial charge in [0.25, 0.3) is 11.8 Å². The van der Waals surface area contributed by atoms with Gasteiger partial charge in [0.2, 0.25) is 0 Å². The first kappa shape index (κ1) is 31.7. The van der Waals surface area contributed by atoms with E-state index in [2.05, 4.69) is 16.0 Å². The molecule has 6 N–H and O–H groups in total. The van der Waals surface area contributed by atoms with Crippen molar-refractivity contribution in [1.82, 2.24) is 10.6 Å². The Morgan fingerprint density at radius 3 is 1.47 bits per heavy atom. The molecule has 0 saturated carbocycles. The summed E-state index contributed by atoms with van der Waals surface area (Å²) in [6.45, 7) is 5.38. The normalized spacial score (nSPS) is 10.3. The Labute approximate surface area is 206 Å². The van der Waals surface area contributed by atoms with E-state index in [1.165, 1.54) is 0 Å². The maximum Gasteiger partial charge on any atom is 0.490 e. The fourth-order valence-electron chi connectivity index (χ4n) is 2.05. The minimum atomic E-state index is -5.08. The number of hydrogen-bond acceptors (Lipinski definition) is 6. The lowest BCUT2D eigenvalue weighted by Crippen LogP contribution is -2.27. The summed E-state index contributed by atoms with van der Waals surface area (Å²) in [5.74, 6) is -3.02. The highest BCUT2D eigenvalue weighted by atomic mass is 19.4. The molecule has 0 unspecified atom stereocenters. The lowest BCUT2D eigenvalue weighted by Gasteiger charge is -2.19. The summed E-state index contributed by atoms with van der Waals surface area (Å²) in [5.41, 5.74) is 7.31. The van der Waals surface area contributed by atoms with Crippen LogP contribution in [-0.4, -0.2) is 54.9 Å². The number of carbonyl (C=O) groups is 4. The number of rotatable bonds is 3. The molecule has 0 saturated heterocycles. The molecular formula is C23H29F3N4O6. The predicted molar refractivity (Wildman–Crippen MR) is 128 cm³/mol. The molecule has 198 valence electrons. The van der Waals surface area contributed by atoms with Crippen LogP contribution < -0.4 is 21.7 Å². The second-order valence-electron chi connectivity index (χ2n) is 7.79. The number of halogens is 3. The van der Waals surface area contributed by atoms with Gasteiger partial charge in [-0.1, -0.05) is 0 Å². The molecule has 0 spiro atoms. The molecule has 2 aromatic rings. The maximum atomic E-state index is 11.5. The fourth-order valence-corrected chi connectivity index (χ4v) is 2.05. The van der Waals surface area contributed by atoms with Gasteiger partial charge in [0.05, 0.1) is 0 Å². The van der Waals surface area contributed by atoms with Crippen LogP contribution in [0.4, 0.5) is 29.3 Å². The van der Waals surface area contributed by atoms with Crippen molar-refractivity contribution in [1.29, 1.82) is 0 Å². The summed E-state index contributed by atoms with van der Waals surface area (Å²) >= 11 is 0. The van der Waals surface area contributed by atoms with E-state index in [9.17, 15) is 27.6 Å². The van der Waals surface area contributed by atoms with Gasteiger partial charge in [0, 0.05) is 36.6 Å². The van der Waals surface area contributed by atoms with Crippen LogP contribution in [0, 0.1) is 0 Å². The molecule has 0 heterocycles. The third kappa shape index (κ3) is 13.4. The van der Waals surface area contributed by atoms with E-state index in [0.717, 1.165) is 0 Å². The molecule has 13 heteroatoms. The number of nitrogens with two attached hydrogens (primary N) is 1. The third-order valence-corrected chi connectivity index (χ3v) is 3.66. The lowest BCUT2D eigenvalue weighted by atomic mass is 10.2. The second-order valence-corrected chi connectivity index (χ2v) is 7.79. The zero-order valence-electron chi connectivity index (χ0n) is 20.3. The van der Waals surface area contributed by atoms with Crippen molar-refractivity contribution in [2.45, 2.75) is 32.5 Å². The third-order valence-electron chi connectivity index (χ3n) is 3.66. The smallest absolute Gasteiger partial charge is 0.475 e. The van der Waals surface area contributed by atoms with Crippen molar-refractivity contribution in [2.24, 2.45) is 0 Å². The van der Waals surface area contributed by atoms with Gasteiger partial charge in [-0.3, -0.25) is 14.9 Å². The number of benzene rings is 2. The molecule has 36 heavy (non-hydrogen) atoms. The molecule has 3 amide bonds. The van der Waals surface area contributed by atoms with E-state index in [0.29, 0.717) is 22.5 Å². The van der Waals surface area contributed by atoms with Crippen LogP contribution in [0.1, 0.15) is 41.5 Å². The van der Waals surface area contributed by atoms with Crippen LogP contribution in [0.25, 0.3) is 0 Å². The summed E-state index contributed by atoms with van der Waals surface area (Å²) in [4.78, 5) is 42.7. The summed E-state index contributed by atoms with van der Waals surface area (Å²) in [6, 6.07) is 13.3. The molecule has 0 aliphatic rings. The van der Waals surface area contributed by atoms with Crippen LogP contribution in [0.15, 0.2) is 48.5 Å². The molecule has 0 atom stereocenters. The van der Waals surface area contributed by atoms with Gasteiger partial charge in [-0.05, 0) is 69.3 Å². The van der Waals surface area contributed by atoms with Crippen LogP contribution in [0.3, 0.4) is 0 Å². The number of ether oxygens (including phenoxy) is 1. The number of carbonyl (C=O) groups excluding carboxylic acids is 3. The largest absolute Gasteiger partial charge is 0.490 e. The second kappa shape index (κ2) is 14.2. The highest BCUT2D eigenvalue weighted by Crippen LogP contribution is 2.14. The highest BCUT2D eigenvalue weighted by molar-refractivity contribution is 5.95. The molecule has 0 bridgehead atoms. The Balaban J connectivity index is 0.000000576. The first-order valence-electron chi connectivity index (χ1n) is 10.2. The molecule has 0 aliphatic heterocycles. The average molecular weight is 515 g/mol. The molecule has 0 aromatic heterocycles. The van der Waals surface area contributed by atoms with Crippen molar-refractivity contribution in [3.05, 3.63) is 59.7 Å². The van der Waals surface area contributed by atoms with Crippen molar-refractivity contribution in [3.8, 4) is 0 Å². The van der Waals surface area contributed by atoms with E-state index in [1.807, 2.05) is 0 Å². The molecule has 2 rings (SSSR count). The first-order chi connectivity index (χ1) is 16.5. The van der Waals surface area contributed by atoms with E-state index in [-0.39, 0.29) is 11.8 Å². The number of nitrogens with one attached hydrogen (secondary N) is 3. The molecule has 10 nitrogen and oxygen atoms in total. The molecule has 0 radical (unpaired) electrons. The van der Waals surface area contributed by atoms with Crippen LogP contribution >= 0.6 is 0 Å². The topological polar surface area (TPSA) is 160 Å². The lowest BCUT2D eigenvalue weighted by molar-refractivity contribution is -0.192. The molecular weight excluding hydrogens is 485 g/mol. The zero-order chi connectivity index (χ0) is 28.1. The van der Waals surface area contributed by atoms with Crippen molar-refractivity contribution in [2.75, 3.05) is 25.1 Å². The molecule has 0 fully saturated rings. The van der Waals surface area contributed by atoms with Gasteiger partial charge < -0.3 is 26.2 Å². The van der Waals surface area contributed by atoms with Gasteiger partial charge in [-0.25, -0.2) is 9.59 Å². The number of carboxylic acids is 1. The Kier molecular flexibility index (Phi) is 12.5. The number of carboxylic acid groups (broad SMARTS) is 1. The highest BCUT2D eigenvalue weighted by Gasteiger charge is 2.38. The summed E-state index contributed by atoms with van der Waals surface area (Å²) in [6.07, 6.45) is -5.60. The standard InChI is InChI=1S/C13H18N2O3.C8H10N2O.C2HF3O2/c1-13(2,3)18-12(17)15-10-7-5-9(6-8-10)11(16)14-4;1-10-8(11)6-2-4-7(9)5-3-6;3-2(4,5)1(6)7/h5-8H,1-4H3,(H,14,16)(H,15,17);2-5H,9H2,1H3,(H,10,11);(H,6,7). The number of hydrogen-bond donors (Lipinski definition) is 5. The SMILES string of the molecule is CNC(=O)c1ccc(N)cc1.CNC(=O)c1ccc(NC(=O)OC(C)(C)C)cc1.O=C(O)C(F)(F)F. The number of aliphatic carboxylic acids is 1. The quantitative estimate of drug-likeness (QED) is 0.391. The molecule has 2 aromatic carbocycles. The Hall–Kier alpha value is -4.29. The summed E-state index contributed by atoms with van der Waals surface area (Å²) in [7, 11) is 3.16. The Morgan fingerprint density at radius 2 is 1.17 bits per heavy atom. The number of amides is 3. The first-order valence-corrected chi connectivity index (χ1v) is 10.2. The van der Waals surface area contributed by atoms with Gasteiger partial charge >= 0.3 is 18.2 Å². The average Bonchev–Trinajstić information content (AvgIpc) is 2.78. The predicted octanol–water partition coefficient (Wildman–Crippen LogP) is 3.65. The zero-order valence-corrected chi connectivity index (χ0v) is 20.3. The van der Waals surface area contributed by atoms with Gasteiger partial charge in [0.15, 0.2) is 0 Å². The van der Waals surface area contributed by atoms with Gasteiger partial charge in [-0.2, -0.15) is 13.2 Å². The van der Waals surface area contributed by atoms with Gasteiger partial charge in [-0.15, -0.1) is 0 Å². The van der Waals surface area contributed by atoms with Gasteiger partial charge in [0.1, 0.15) is 5.60 Å². The van der Waals surface area contributed by atoms with Crippen LogP contribution in [-0.2, 0) is 9.53 Å². The van der Waals surface area contributed by atoms with E-state index in [1.54, 1.807) is 83.4 Å². The van der Waals surface area contributed by atoms with E-state index < -0.39 is 23.8 Å². The summed E-state index contributed by atoms with van der Waals surface area (Å²) < 4.78 is 36.8. The number of nitrogen functional groups attached to an aromatic ring is 1. The van der Waals surface area contributed by atoms with E-state index >= 15 is 0 Å². The van der Waals surface area contributed by atoms with Crippen molar-refractivity contribution in [3.63, 3.8) is 0 Å². The van der Waals surface area contributed by atoms with Crippen LogP contribution in [0.2, 0.25) is 0 Å². The minimum Gasteiger partial charge on any atom is -0.475 e. The van der Waals surface area contributed by atoms with E-state index in [4.69, 9.17) is 20.4 Å². The van der Waals surface area contributed by atoms with Crippen molar-refractivity contribution < 1.29 is 42.2 Å². The minimum absolute atomic E-state index is 0.0926. The van der Waals surface area contributed by atoms with Crippen molar-refractivity contribution >= 4 is 35.3 Å². The number of anilines is 2. The molecule has 0 aliphatic carbocycles. The Bertz CT molecular complexity index is 1020. The monoisotopic (exact) mass is 514 g/mol. The Morgan fingerprint density at radius 1 is 0.806 bits per heavy atom. The van der Waals surface area contributed by atoms with Crippen LogP contribution in [0.5, 0.6) is 0 Å². The maximum absolute atomic E-state index is 11.5. The summed E-state index contributed by atoms with van der Waals surface area (Å²) in [5, 5.41) is 14.8. The fraction of sp³-hybridized carbons (Fsp3) is 0.304. The number of alkyl halides is 3.